The summed E-state index contributed by atoms with van der Waals surface area (Å²) in [4.78, 5) is 12.4. The third-order valence-electron chi connectivity index (χ3n) is 5.22. The lowest BCUT2D eigenvalue weighted by atomic mass is 9.85. The molecule has 2 heterocycles. The summed E-state index contributed by atoms with van der Waals surface area (Å²) in [7, 11) is 1.45. The van der Waals surface area contributed by atoms with Crippen molar-refractivity contribution in [3.8, 4) is 0 Å². The van der Waals surface area contributed by atoms with E-state index >= 15 is 0 Å². The van der Waals surface area contributed by atoms with Crippen LogP contribution in [0, 0.1) is 11.1 Å². The monoisotopic (exact) mass is 313 g/mol. The molecule has 0 saturated carbocycles. The van der Waals surface area contributed by atoms with E-state index in [-0.39, 0.29) is 23.2 Å². The molecule has 126 valence electrons. The molecule has 1 fully saturated rings. The van der Waals surface area contributed by atoms with Crippen LogP contribution in [0.5, 0.6) is 0 Å². The number of methoxy groups -OCH3 is 1. The van der Waals surface area contributed by atoms with E-state index in [0.717, 1.165) is 18.4 Å². The number of hydrogen-bond donors (Lipinski definition) is 1. The number of aliphatic hydroxyl groups is 1. The van der Waals surface area contributed by atoms with Gasteiger partial charge in [-0.05, 0) is 18.9 Å². The molecule has 1 N–H and O–H groups in total. The zero-order valence-corrected chi connectivity index (χ0v) is 13.9. The van der Waals surface area contributed by atoms with Crippen molar-refractivity contribution in [1.82, 2.24) is 0 Å². The van der Waals surface area contributed by atoms with Gasteiger partial charge < -0.3 is 24.4 Å². The van der Waals surface area contributed by atoms with Gasteiger partial charge in [0.05, 0.1) is 19.2 Å². The van der Waals surface area contributed by atoms with E-state index < -0.39 is 17.7 Å². The second kappa shape index (κ2) is 6.28. The molecule has 0 spiro atoms. The van der Waals surface area contributed by atoms with Crippen LogP contribution in [0.3, 0.4) is 0 Å². The van der Waals surface area contributed by atoms with Crippen molar-refractivity contribution in [3.63, 3.8) is 0 Å². The summed E-state index contributed by atoms with van der Waals surface area (Å²) in [6.07, 6.45) is 2.97. The zero-order valence-electron chi connectivity index (χ0n) is 13.9. The van der Waals surface area contributed by atoms with Gasteiger partial charge in [0.15, 0.2) is 5.60 Å². The van der Waals surface area contributed by atoms with Crippen molar-refractivity contribution in [1.29, 1.82) is 0 Å². The molecule has 2 rings (SSSR count). The highest BCUT2D eigenvalue weighted by atomic mass is 16.6. The number of carbonyl (C=O) groups excluding carboxylic acids is 1. The summed E-state index contributed by atoms with van der Waals surface area (Å²) < 4.78 is 10.3. The zero-order chi connectivity index (χ0) is 16.5. The van der Waals surface area contributed by atoms with E-state index in [0.29, 0.717) is 13.1 Å². The van der Waals surface area contributed by atoms with Gasteiger partial charge in [-0.3, -0.25) is 0 Å². The number of rotatable bonds is 6. The number of quaternary nitrogens is 1. The van der Waals surface area contributed by atoms with Crippen LogP contribution in [0.1, 0.15) is 33.6 Å². The number of hydrogen-bond acceptors (Lipinski definition) is 5. The summed E-state index contributed by atoms with van der Waals surface area (Å²) in [6, 6.07) is -0.0835. The van der Waals surface area contributed by atoms with Gasteiger partial charge in [0.25, 0.3) is 0 Å². The van der Waals surface area contributed by atoms with Gasteiger partial charge in [0, 0.05) is 25.5 Å². The first kappa shape index (κ1) is 17.4. The van der Waals surface area contributed by atoms with Gasteiger partial charge in [-0.1, -0.05) is 13.8 Å². The lowest BCUT2D eigenvalue weighted by molar-refractivity contribution is -0.875. The number of nitrogens with zero attached hydrogens (tertiary/aromatic N) is 1. The molecule has 22 heavy (non-hydrogen) atoms. The maximum atomic E-state index is 12.5. The van der Waals surface area contributed by atoms with E-state index in [1.165, 1.54) is 7.11 Å². The van der Waals surface area contributed by atoms with Crippen LogP contribution >= 0.6 is 0 Å². The van der Waals surface area contributed by atoms with E-state index in [9.17, 15) is 15.1 Å². The number of ether oxygens (including phenoxy) is 2. The number of fused-ring (bicyclic) bond motifs is 1. The Morgan fingerprint density at radius 2 is 2.23 bits per heavy atom. The molecule has 0 aliphatic carbocycles. The molecule has 0 aromatic carbocycles. The van der Waals surface area contributed by atoms with Crippen LogP contribution < -0.4 is 0 Å². The molecular weight excluding hydrogens is 286 g/mol. The number of hydroxylamine groups is 3. The highest BCUT2D eigenvalue weighted by Gasteiger charge is 2.47. The lowest BCUT2D eigenvalue weighted by Crippen LogP contribution is -2.54. The molecule has 2 aliphatic rings. The Bertz CT molecular complexity index is 463. The summed E-state index contributed by atoms with van der Waals surface area (Å²) in [5.41, 5.74) is -0.801. The number of carbonyl (C=O) groups is 1. The van der Waals surface area contributed by atoms with Crippen molar-refractivity contribution < 1.29 is 24.0 Å². The third-order valence-corrected chi connectivity index (χ3v) is 5.22. The van der Waals surface area contributed by atoms with Crippen LogP contribution in [0.15, 0.2) is 11.6 Å². The predicted molar refractivity (Wildman–Crippen MR) is 81.7 cm³/mol. The van der Waals surface area contributed by atoms with Gasteiger partial charge in [-0.2, -0.15) is 0 Å². The Labute approximate surface area is 131 Å². The minimum absolute atomic E-state index is 0.0806. The molecular formula is C16H27NO5. The fraction of sp³-hybridized carbons (Fsp3) is 0.812. The minimum atomic E-state index is -1.69. The largest absolute Gasteiger partial charge is 0.632 e. The quantitative estimate of drug-likeness (QED) is 0.347. The van der Waals surface area contributed by atoms with Crippen LogP contribution in [-0.4, -0.2) is 60.3 Å². The Kier molecular flexibility index (Phi) is 4.96. The van der Waals surface area contributed by atoms with E-state index in [1.807, 2.05) is 6.08 Å². The third kappa shape index (κ3) is 2.80. The Hall–Kier alpha value is -0.950. The SMILES string of the molecule is CO[C@H](C)[C@@](O)(C(=O)OCC1=CC[N@@+]2([O-])CCC[C@@H]12)C(C)C. The first-order valence-electron chi connectivity index (χ1n) is 7.94. The van der Waals surface area contributed by atoms with Crippen LogP contribution in [0.25, 0.3) is 0 Å². The number of esters is 1. The second-order valence-electron chi connectivity index (χ2n) is 6.73. The lowest BCUT2D eigenvalue weighted by Gasteiger charge is -2.40. The van der Waals surface area contributed by atoms with Gasteiger partial charge in [0.1, 0.15) is 12.6 Å². The van der Waals surface area contributed by atoms with Gasteiger partial charge in [-0.25, -0.2) is 4.79 Å². The van der Waals surface area contributed by atoms with Crippen LogP contribution in [0.2, 0.25) is 0 Å². The summed E-state index contributed by atoms with van der Waals surface area (Å²) >= 11 is 0. The molecule has 4 atom stereocenters. The minimum Gasteiger partial charge on any atom is -0.632 e. The van der Waals surface area contributed by atoms with E-state index in [1.54, 1.807) is 20.8 Å². The highest BCUT2D eigenvalue weighted by molar-refractivity contribution is 5.80. The fourth-order valence-electron chi connectivity index (χ4n) is 3.53. The molecule has 0 amide bonds. The van der Waals surface area contributed by atoms with Crippen LogP contribution in [-0.2, 0) is 14.3 Å². The first-order chi connectivity index (χ1) is 10.3. The Balaban J connectivity index is 2.00. The molecule has 0 aromatic rings. The van der Waals surface area contributed by atoms with Crippen molar-refractivity contribution in [2.45, 2.75) is 51.4 Å². The molecule has 0 radical (unpaired) electrons. The predicted octanol–water partition coefficient (Wildman–Crippen LogP) is 1.37. The fourth-order valence-corrected chi connectivity index (χ4v) is 3.53. The molecule has 0 unspecified atom stereocenters. The highest BCUT2D eigenvalue weighted by Crippen LogP contribution is 2.36. The smallest absolute Gasteiger partial charge is 0.341 e. The van der Waals surface area contributed by atoms with Crippen molar-refractivity contribution in [3.05, 3.63) is 16.9 Å². The van der Waals surface area contributed by atoms with Crippen molar-refractivity contribution >= 4 is 5.97 Å². The van der Waals surface area contributed by atoms with E-state index in [2.05, 4.69) is 0 Å². The average Bonchev–Trinajstić information content (AvgIpc) is 2.99. The molecule has 1 saturated heterocycles. The summed E-state index contributed by atoms with van der Waals surface area (Å²) in [6.45, 7) is 6.32. The maximum absolute atomic E-state index is 12.5. The van der Waals surface area contributed by atoms with Gasteiger partial charge in [0.2, 0.25) is 0 Å². The second-order valence-corrected chi connectivity index (χ2v) is 6.73. The van der Waals surface area contributed by atoms with Gasteiger partial charge >= 0.3 is 5.97 Å². The average molecular weight is 313 g/mol. The first-order valence-corrected chi connectivity index (χ1v) is 7.94. The Morgan fingerprint density at radius 3 is 2.82 bits per heavy atom. The maximum Gasteiger partial charge on any atom is 0.341 e. The summed E-state index contributed by atoms with van der Waals surface area (Å²) in [5, 5.41) is 23.1. The molecule has 2 aliphatic heterocycles. The van der Waals surface area contributed by atoms with E-state index in [4.69, 9.17) is 9.47 Å². The topological polar surface area (TPSA) is 78.8 Å². The van der Waals surface area contributed by atoms with Crippen molar-refractivity contribution in [2.75, 3.05) is 26.8 Å². The molecule has 6 nitrogen and oxygen atoms in total. The molecule has 6 heteroatoms. The Morgan fingerprint density at radius 1 is 1.55 bits per heavy atom. The van der Waals surface area contributed by atoms with Gasteiger partial charge in [-0.15, -0.1) is 0 Å². The summed E-state index contributed by atoms with van der Waals surface area (Å²) in [5.74, 6) is -1.03. The van der Waals surface area contributed by atoms with Crippen molar-refractivity contribution in [2.24, 2.45) is 5.92 Å². The van der Waals surface area contributed by atoms with Crippen LogP contribution in [0.4, 0.5) is 0 Å². The molecule has 0 aromatic heterocycles. The standard InChI is InChI=1S/C16H27NO5/c1-11(2)16(19,12(3)21-4)15(18)22-10-13-7-9-17(20)8-5-6-14(13)17/h7,11-12,14,19H,5-6,8-10H2,1-4H3/t12-,14+,16-,17+/m1/s1. The molecule has 0 bridgehead atoms. The normalized spacial score (nSPS) is 31.6.